The number of aliphatic hydroxyl groups is 1. The van der Waals surface area contributed by atoms with E-state index in [0.29, 0.717) is 5.56 Å². The molecule has 0 saturated heterocycles. The quantitative estimate of drug-likeness (QED) is 0.844. The zero-order valence-corrected chi connectivity index (χ0v) is 10.1. The van der Waals surface area contributed by atoms with Gasteiger partial charge in [-0.1, -0.05) is 6.07 Å². The highest BCUT2D eigenvalue weighted by Gasteiger charge is 2.12. The zero-order chi connectivity index (χ0) is 12.1. The Balaban J connectivity index is 3.25. The fraction of sp³-hybridized carbons (Fsp3) is 0.462. The molecule has 1 aromatic carbocycles. The van der Waals surface area contributed by atoms with Crippen molar-refractivity contribution in [3.63, 3.8) is 0 Å². The number of anilines is 1. The van der Waals surface area contributed by atoms with Gasteiger partial charge in [-0.15, -0.1) is 0 Å². The first kappa shape index (κ1) is 12.5. The van der Waals surface area contributed by atoms with Gasteiger partial charge in [-0.3, -0.25) is 0 Å². The van der Waals surface area contributed by atoms with Crippen LogP contribution in [0.1, 0.15) is 38.0 Å². The first-order valence-electron chi connectivity index (χ1n) is 5.61. The van der Waals surface area contributed by atoms with Crippen molar-refractivity contribution in [3.8, 4) is 6.07 Å². The summed E-state index contributed by atoms with van der Waals surface area (Å²) in [6.07, 6.45) is -0.511. The highest BCUT2D eigenvalue weighted by atomic mass is 16.3. The average molecular weight is 218 g/mol. The molecule has 0 aliphatic rings. The maximum Gasteiger partial charge on any atom is 0.0992 e. The van der Waals surface area contributed by atoms with Crippen molar-refractivity contribution in [2.45, 2.75) is 26.9 Å². The molecule has 0 fully saturated rings. The first-order chi connectivity index (χ1) is 7.63. The van der Waals surface area contributed by atoms with Crippen molar-refractivity contribution in [1.82, 2.24) is 0 Å². The van der Waals surface area contributed by atoms with Crippen LogP contribution < -0.4 is 4.90 Å². The Morgan fingerprint density at radius 3 is 2.44 bits per heavy atom. The molecule has 0 saturated carbocycles. The normalized spacial score (nSPS) is 11.9. The van der Waals surface area contributed by atoms with Crippen LogP contribution in [0.2, 0.25) is 0 Å². The van der Waals surface area contributed by atoms with E-state index in [2.05, 4.69) is 24.8 Å². The topological polar surface area (TPSA) is 47.3 Å². The lowest BCUT2D eigenvalue weighted by Crippen LogP contribution is -2.23. The minimum absolute atomic E-state index is 0.511. The van der Waals surface area contributed by atoms with Gasteiger partial charge < -0.3 is 10.0 Å². The third kappa shape index (κ3) is 2.53. The van der Waals surface area contributed by atoms with E-state index in [-0.39, 0.29) is 0 Å². The summed E-state index contributed by atoms with van der Waals surface area (Å²) in [6.45, 7) is 7.60. The molecule has 0 spiro atoms. The van der Waals surface area contributed by atoms with E-state index in [0.717, 1.165) is 24.3 Å². The highest BCUT2D eigenvalue weighted by Crippen LogP contribution is 2.27. The Bertz CT molecular complexity index is 389. The standard InChI is InChI=1S/C13H18N2O/c1-4-15(5-2)13-8-11(9-14)6-7-12(13)10(3)16/h6-8,10,16H,4-5H2,1-3H3. The first-order valence-corrected chi connectivity index (χ1v) is 5.61. The lowest BCUT2D eigenvalue weighted by Gasteiger charge is -2.25. The fourth-order valence-corrected chi connectivity index (χ4v) is 1.80. The number of benzene rings is 1. The molecular weight excluding hydrogens is 200 g/mol. The number of hydrogen-bond donors (Lipinski definition) is 1. The van der Waals surface area contributed by atoms with Gasteiger partial charge >= 0.3 is 0 Å². The van der Waals surface area contributed by atoms with Gasteiger partial charge in [-0.25, -0.2) is 0 Å². The van der Waals surface area contributed by atoms with Gasteiger partial charge in [-0.05, 0) is 32.9 Å². The Morgan fingerprint density at radius 2 is 2.00 bits per heavy atom. The number of hydrogen-bond acceptors (Lipinski definition) is 3. The molecule has 1 unspecified atom stereocenters. The predicted molar refractivity (Wildman–Crippen MR) is 65.4 cm³/mol. The second-order valence-electron chi connectivity index (χ2n) is 3.73. The molecular formula is C13H18N2O. The van der Waals surface area contributed by atoms with Gasteiger partial charge in [0, 0.05) is 24.3 Å². The van der Waals surface area contributed by atoms with Crippen LogP contribution in [-0.4, -0.2) is 18.2 Å². The van der Waals surface area contributed by atoms with Crippen LogP contribution in [0, 0.1) is 11.3 Å². The van der Waals surface area contributed by atoms with Crippen LogP contribution in [-0.2, 0) is 0 Å². The van der Waals surface area contributed by atoms with Crippen LogP contribution in [0.5, 0.6) is 0 Å². The van der Waals surface area contributed by atoms with Crippen LogP contribution in [0.3, 0.4) is 0 Å². The van der Waals surface area contributed by atoms with Crippen molar-refractivity contribution in [2.24, 2.45) is 0 Å². The largest absolute Gasteiger partial charge is 0.389 e. The van der Waals surface area contributed by atoms with Gasteiger partial charge in [0.25, 0.3) is 0 Å². The van der Waals surface area contributed by atoms with E-state index in [4.69, 9.17) is 5.26 Å². The summed E-state index contributed by atoms with van der Waals surface area (Å²) in [6, 6.07) is 7.55. The molecule has 1 aromatic rings. The molecule has 0 radical (unpaired) electrons. The van der Waals surface area contributed by atoms with Crippen molar-refractivity contribution in [1.29, 1.82) is 5.26 Å². The summed E-state index contributed by atoms with van der Waals surface area (Å²) in [4.78, 5) is 2.14. The third-order valence-corrected chi connectivity index (χ3v) is 2.71. The summed E-state index contributed by atoms with van der Waals surface area (Å²) in [5.74, 6) is 0. The Kier molecular flexibility index (Phi) is 4.33. The van der Waals surface area contributed by atoms with E-state index >= 15 is 0 Å². The van der Waals surface area contributed by atoms with Crippen LogP contribution in [0.25, 0.3) is 0 Å². The number of aliphatic hydroxyl groups excluding tert-OH is 1. The fourth-order valence-electron chi connectivity index (χ4n) is 1.80. The average Bonchev–Trinajstić information content (AvgIpc) is 2.30. The van der Waals surface area contributed by atoms with Gasteiger partial charge in [0.2, 0.25) is 0 Å². The van der Waals surface area contributed by atoms with Gasteiger partial charge in [0.1, 0.15) is 0 Å². The lowest BCUT2D eigenvalue weighted by molar-refractivity contribution is 0.199. The molecule has 3 heteroatoms. The van der Waals surface area contributed by atoms with Gasteiger partial charge in [-0.2, -0.15) is 5.26 Å². The van der Waals surface area contributed by atoms with E-state index in [1.165, 1.54) is 0 Å². The Morgan fingerprint density at radius 1 is 1.38 bits per heavy atom. The minimum Gasteiger partial charge on any atom is -0.389 e. The highest BCUT2D eigenvalue weighted by molar-refractivity contribution is 5.58. The summed E-state index contributed by atoms with van der Waals surface area (Å²) >= 11 is 0. The molecule has 16 heavy (non-hydrogen) atoms. The molecule has 0 aromatic heterocycles. The Labute approximate surface area is 96.9 Å². The minimum atomic E-state index is -0.511. The molecule has 1 rings (SSSR count). The SMILES string of the molecule is CCN(CC)c1cc(C#N)ccc1C(C)O. The number of nitrogens with zero attached hydrogens (tertiary/aromatic N) is 2. The van der Waals surface area contributed by atoms with E-state index in [1.54, 1.807) is 13.0 Å². The maximum absolute atomic E-state index is 9.70. The Hall–Kier alpha value is -1.53. The zero-order valence-electron chi connectivity index (χ0n) is 10.1. The smallest absolute Gasteiger partial charge is 0.0992 e. The molecule has 0 bridgehead atoms. The monoisotopic (exact) mass is 218 g/mol. The summed E-state index contributed by atoms with van der Waals surface area (Å²) in [5.41, 5.74) is 2.47. The van der Waals surface area contributed by atoms with E-state index < -0.39 is 6.10 Å². The molecule has 0 aliphatic carbocycles. The number of nitriles is 1. The predicted octanol–water partition coefficient (Wildman–Crippen LogP) is 2.46. The van der Waals surface area contributed by atoms with Crippen LogP contribution in [0.4, 0.5) is 5.69 Å². The second-order valence-corrected chi connectivity index (χ2v) is 3.73. The number of rotatable bonds is 4. The summed E-state index contributed by atoms with van der Waals surface area (Å²) < 4.78 is 0. The van der Waals surface area contributed by atoms with Crippen molar-refractivity contribution >= 4 is 5.69 Å². The van der Waals surface area contributed by atoms with E-state index in [1.807, 2.05) is 12.1 Å². The molecule has 86 valence electrons. The van der Waals surface area contributed by atoms with Gasteiger partial charge in [0.15, 0.2) is 0 Å². The third-order valence-electron chi connectivity index (χ3n) is 2.71. The lowest BCUT2D eigenvalue weighted by atomic mass is 10.0. The molecule has 1 N–H and O–H groups in total. The van der Waals surface area contributed by atoms with Crippen LogP contribution >= 0.6 is 0 Å². The van der Waals surface area contributed by atoms with Crippen molar-refractivity contribution in [3.05, 3.63) is 29.3 Å². The molecule has 0 amide bonds. The second kappa shape index (κ2) is 5.53. The van der Waals surface area contributed by atoms with Crippen LogP contribution in [0.15, 0.2) is 18.2 Å². The molecule has 1 atom stereocenters. The van der Waals surface area contributed by atoms with Crippen molar-refractivity contribution < 1.29 is 5.11 Å². The van der Waals surface area contributed by atoms with E-state index in [9.17, 15) is 5.11 Å². The molecule has 3 nitrogen and oxygen atoms in total. The van der Waals surface area contributed by atoms with Crippen molar-refractivity contribution in [2.75, 3.05) is 18.0 Å². The summed E-state index contributed by atoms with van der Waals surface area (Å²) in [7, 11) is 0. The molecule has 0 aliphatic heterocycles. The summed E-state index contributed by atoms with van der Waals surface area (Å²) in [5, 5.41) is 18.6. The molecule has 0 heterocycles. The van der Waals surface area contributed by atoms with Gasteiger partial charge in [0.05, 0.1) is 17.7 Å². The maximum atomic E-state index is 9.70.